The third-order valence-electron chi connectivity index (χ3n) is 3.58. The zero-order chi connectivity index (χ0) is 15.7. The van der Waals surface area contributed by atoms with Crippen LogP contribution < -0.4 is 0 Å². The van der Waals surface area contributed by atoms with Gasteiger partial charge >= 0.3 is 5.97 Å². The van der Waals surface area contributed by atoms with Crippen LogP contribution in [-0.4, -0.2) is 16.1 Å². The molecule has 1 atom stereocenters. The van der Waals surface area contributed by atoms with E-state index in [1.54, 1.807) is 6.92 Å². The van der Waals surface area contributed by atoms with E-state index in [1.807, 2.05) is 55.5 Å². The van der Waals surface area contributed by atoms with Gasteiger partial charge < -0.3 is 5.11 Å². The molecular weight excluding hydrogens is 314 g/mol. The monoisotopic (exact) mass is 329 g/mol. The highest BCUT2D eigenvalue weighted by Crippen LogP contribution is 2.44. The van der Waals surface area contributed by atoms with E-state index in [9.17, 15) is 9.90 Å². The molecule has 1 unspecified atom stereocenters. The molecule has 0 radical (unpaired) electrons. The maximum absolute atomic E-state index is 11.9. The molecule has 0 saturated carbocycles. The zero-order valence-electron chi connectivity index (χ0n) is 12.2. The van der Waals surface area contributed by atoms with E-state index in [1.165, 1.54) is 23.1 Å². The van der Waals surface area contributed by atoms with Crippen LogP contribution in [0.5, 0.6) is 0 Å². The third-order valence-corrected chi connectivity index (χ3v) is 5.99. The average molecular weight is 329 g/mol. The van der Waals surface area contributed by atoms with Gasteiger partial charge in [0.2, 0.25) is 0 Å². The number of rotatable bonds is 4. The molecule has 22 heavy (non-hydrogen) atoms. The van der Waals surface area contributed by atoms with Gasteiger partial charge in [0.05, 0.1) is 10.2 Å². The van der Waals surface area contributed by atoms with E-state index >= 15 is 0 Å². The first-order valence-corrected chi connectivity index (χ1v) is 8.47. The SMILES string of the molecule is Cc1ccc(C(C)(Sc2nc3ccccc3s2)C(=O)O)cc1. The van der Waals surface area contributed by atoms with Crippen molar-refractivity contribution >= 4 is 39.3 Å². The number of aromatic nitrogens is 1. The number of carboxylic acids is 1. The van der Waals surface area contributed by atoms with Crippen molar-refractivity contribution in [1.82, 2.24) is 4.98 Å². The first-order valence-electron chi connectivity index (χ1n) is 6.84. The van der Waals surface area contributed by atoms with E-state index < -0.39 is 10.7 Å². The third kappa shape index (κ3) is 2.74. The van der Waals surface area contributed by atoms with Gasteiger partial charge in [-0.3, -0.25) is 4.79 Å². The van der Waals surface area contributed by atoms with Gasteiger partial charge in [-0.2, -0.15) is 0 Å². The summed E-state index contributed by atoms with van der Waals surface area (Å²) in [6.45, 7) is 3.72. The van der Waals surface area contributed by atoms with Crippen molar-refractivity contribution in [2.75, 3.05) is 0 Å². The highest BCUT2D eigenvalue weighted by atomic mass is 32.2. The number of hydrogen-bond donors (Lipinski definition) is 1. The summed E-state index contributed by atoms with van der Waals surface area (Å²) >= 11 is 2.82. The number of nitrogens with zero attached hydrogens (tertiary/aromatic N) is 1. The highest BCUT2D eigenvalue weighted by Gasteiger charge is 2.37. The summed E-state index contributed by atoms with van der Waals surface area (Å²) in [5, 5.41) is 9.75. The molecule has 0 saturated heterocycles. The Morgan fingerprint density at radius 3 is 2.50 bits per heavy atom. The molecule has 0 aliphatic heterocycles. The summed E-state index contributed by atoms with van der Waals surface area (Å²) in [6, 6.07) is 15.5. The number of hydrogen-bond acceptors (Lipinski definition) is 4. The first kappa shape index (κ1) is 15.1. The van der Waals surface area contributed by atoms with Gasteiger partial charge in [0.1, 0.15) is 4.75 Å². The molecule has 0 spiro atoms. The van der Waals surface area contributed by atoms with Gasteiger partial charge in [-0.05, 0) is 31.5 Å². The lowest BCUT2D eigenvalue weighted by Gasteiger charge is -2.23. The number of thioether (sulfide) groups is 1. The van der Waals surface area contributed by atoms with Gasteiger partial charge in [-0.1, -0.05) is 53.7 Å². The molecule has 1 aromatic heterocycles. The largest absolute Gasteiger partial charge is 0.480 e. The molecule has 1 heterocycles. The normalized spacial score (nSPS) is 13.9. The Kier molecular flexibility index (Phi) is 3.93. The molecule has 5 heteroatoms. The summed E-state index contributed by atoms with van der Waals surface area (Å²) in [4.78, 5) is 16.4. The molecule has 0 aliphatic carbocycles. The van der Waals surface area contributed by atoms with Crippen molar-refractivity contribution in [3.05, 3.63) is 59.7 Å². The predicted octanol–water partition coefficient (Wildman–Crippen LogP) is 4.70. The van der Waals surface area contributed by atoms with Crippen LogP contribution in [0.15, 0.2) is 52.9 Å². The lowest BCUT2D eigenvalue weighted by Crippen LogP contribution is -2.28. The Morgan fingerprint density at radius 1 is 1.18 bits per heavy atom. The lowest BCUT2D eigenvalue weighted by molar-refractivity contribution is -0.139. The van der Waals surface area contributed by atoms with Crippen LogP contribution in [-0.2, 0) is 9.54 Å². The molecule has 0 fully saturated rings. The molecule has 1 N–H and O–H groups in total. The van der Waals surface area contributed by atoms with Crippen molar-refractivity contribution in [2.45, 2.75) is 22.9 Å². The molecule has 0 bridgehead atoms. The fourth-order valence-electron chi connectivity index (χ4n) is 2.17. The van der Waals surface area contributed by atoms with Crippen LogP contribution in [0.1, 0.15) is 18.1 Å². The second-order valence-corrected chi connectivity index (χ2v) is 7.95. The zero-order valence-corrected chi connectivity index (χ0v) is 13.9. The summed E-state index contributed by atoms with van der Waals surface area (Å²) in [5.41, 5.74) is 2.79. The molecule has 112 valence electrons. The number of fused-ring (bicyclic) bond motifs is 1. The summed E-state index contributed by atoms with van der Waals surface area (Å²) in [7, 11) is 0. The number of carboxylic acid groups (broad SMARTS) is 1. The standard InChI is InChI=1S/C17H15NO2S2/c1-11-7-9-12(10-8-11)17(2,15(19)20)22-16-18-13-5-3-4-6-14(13)21-16/h3-10H,1-2H3,(H,19,20). The number of aliphatic carboxylic acids is 1. The van der Waals surface area contributed by atoms with Gasteiger partial charge in [0, 0.05) is 0 Å². The van der Waals surface area contributed by atoms with Crippen molar-refractivity contribution in [3.63, 3.8) is 0 Å². The van der Waals surface area contributed by atoms with E-state index in [4.69, 9.17) is 0 Å². The molecular formula is C17H15NO2S2. The fraction of sp³-hybridized carbons (Fsp3) is 0.176. The topological polar surface area (TPSA) is 50.2 Å². The average Bonchev–Trinajstić information content (AvgIpc) is 2.89. The van der Waals surface area contributed by atoms with E-state index in [0.717, 1.165) is 25.7 Å². The Morgan fingerprint density at radius 2 is 1.86 bits per heavy atom. The van der Waals surface area contributed by atoms with E-state index in [2.05, 4.69) is 4.98 Å². The second-order valence-electron chi connectivity index (χ2n) is 5.25. The molecule has 3 rings (SSSR count). The molecule has 3 nitrogen and oxygen atoms in total. The Labute approximate surface area is 137 Å². The minimum atomic E-state index is -1.05. The van der Waals surface area contributed by atoms with Crippen molar-refractivity contribution in [2.24, 2.45) is 0 Å². The number of carbonyl (C=O) groups is 1. The fourth-order valence-corrected chi connectivity index (χ4v) is 4.63. The maximum Gasteiger partial charge on any atom is 0.324 e. The summed E-state index contributed by atoms with van der Waals surface area (Å²) in [6.07, 6.45) is 0. The molecule has 3 aromatic rings. The van der Waals surface area contributed by atoms with E-state index in [-0.39, 0.29) is 0 Å². The van der Waals surface area contributed by atoms with Gasteiger partial charge in [-0.15, -0.1) is 11.3 Å². The molecule has 0 aliphatic rings. The Bertz CT molecular complexity index is 793. The molecule has 2 aromatic carbocycles. The van der Waals surface area contributed by atoms with Crippen LogP contribution >= 0.6 is 23.1 Å². The van der Waals surface area contributed by atoms with Crippen LogP contribution in [0.25, 0.3) is 10.2 Å². The van der Waals surface area contributed by atoms with Crippen LogP contribution in [0.2, 0.25) is 0 Å². The highest BCUT2D eigenvalue weighted by molar-refractivity contribution is 8.02. The maximum atomic E-state index is 11.9. The number of thiazole rings is 1. The first-order chi connectivity index (χ1) is 10.5. The Balaban J connectivity index is 2.00. The number of para-hydroxylation sites is 1. The van der Waals surface area contributed by atoms with Gasteiger partial charge in [-0.25, -0.2) is 4.98 Å². The van der Waals surface area contributed by atoms with Crippen molar-refractivity contribution in [3.8, 4) is 0 Å². The smallest absolute Gasteiger partial charge is 0.324 e. The number of aryl methyl sites for hydroxylation is 1. The van der Waals surface area contributed by atoms with E-state index in [0.29, 0.717) is 0 Å². The van der Waals surface area contributed by atoms with Crippen LogP contribution in [0.4, 0.5) is 0 Å². The second kappa shape index (κ2) is 5.74. The quantitative estimate of drug-likeness (QED) is 0.705. The molecule has 0 amide bonds. The predicted molar refractivity (Wildman–Crippen MR) is 91.6 cm³/mol. The van der Waals surface area contributed by atoms with Gasteiger partial charge in [0.25, 0.3) is 0 Å². The number of benzene rings is 2. The Hall–Kier alpha value is -1.85. The summed E-state index contributed by atoms with van der Waals surface area (Å²) in [5.74, 6) is -0.861. The van der Waals surface area contributed by atoms with Crippen LogP contribution in [0.3, 0.4) is 0 Å². The van der Waals surface area contributed by atoms with Gasteiger partial charge in [0.15, 0.2) is 4.34 Å². The van der Waals surface area contributed by atoms with Crippen molar-refractivity contribution < 1.29 is 9.90 Å². The van der Waals surface area contributed by atoms with Crippen LogP contribution in [0, 0.1) is 6.92 Å². The minimum absolute atomic E-state index is 0.770. The summed E-state index contributed by atoms with van der Waals surface area (Å²) < 4.78 is 0.787. The lowest BCUT2D eigenvalue weighted by atomic mass is 9.99. The minimum Gasteiger partial charge on any atom is -0.480 e. The van der Waals surface area contributed by atoms with Crippen molar-refractivity contribution in [1.29, 1.82) is 0 Å².